The topological polar surface area (TPSA) is 178 Å². The molecule has 2 atom stereocenters. The molecule has 2 aliphatic rings. The van der Waals surface area contributed by atoms with E-state index in [1.54, 1.807) is 30.1 Å². The van der Waals surface area contributed by atoms with Crippen LogP contribution in [-0.2, 0) is 17.9 Å². The molecule has 2 saturated heterocycles. The minimum atomic E-state index is -0.795. The summed E-state index contributed by atoms with van der Waals surface area (Å²) < 4.78 is 13.4. The number of halogens is 1. The predicted octanol–water partition coefficient (Wildman–Crippen LogP) is 4.71. The molecule has 14 heteroatoms. The first-order valence-corrected chi connectivity index (χ1v) is 17.2. The lowest BCUT2D eigenvalue weighted by atomic mass is 9.94. The number of pyridine rings is 1. The summed E-state index contributed by atoms with van der Waals surface area (Å²) in [4.78, 5) is 29.7. The van der Waals surface area contributed by atoms with Crippen LogP contribution >= 0.6 is 11.6 Å². The number of hydrogen-bond donors (Lipinski definition) is 3. The number of benzene rings is 2. The number of oxazole rings is 1. The Kier molecular flexibility index (Phi) is 9.58. The van der Waals surface area contributed by atoms with Crippen molar-refractivity contribution < 1.29 is 24.2 Å². The zero-order chi connectivity index (χ0) is 35.8. The van der Waals surface area contributed by atoms with Crippen LogP contribution in [0.5, 0.6) is 5.88 Å². The number of aliphatic hydroxyl groups excluding tert-OH is 1. The van der Waals surface area contributed by atoms with Gasteiger partial charge in [0, 0.05) is 56.6 Å². The average molecular weight is 709 g/mol. The molecule has 262 valence electrons. The van der Waals surface area contributed by atoms with Crippen molar-refractivity contribution in [2.75, 3.05) is 39.8 Å². The van der Waals surface area contributed by atoms with Gasteiger partial charge in [0.2, 0.25) is 11.8 Å². The van der Waals surface area contributed by atoms with Crippen molar-refractivity contribution >= 4 is 28.7 Å². The van der Waals surface area contributed by atoms with Gasteiger partial charge >= 0.3 is 5.97 Å². The third-order valence-electron chi connectivity index (χ3n) is 9.82. The number of aromatic nitrogens is 4. The highest BCUT2D eigenvalue weighted by atomic mass is 35.5. The summed E-state index contributed by atoms with van der Waals surface area (Å²) in [5.74, 6) is -0.562. The summed E-state index contributed by atoms with van der Waals surface area (Å²) in [6, 6.07) is 13.6. The standard InChI is InChI=1S/C37H37ClN8O5/c1-21-25(5-3-6-26(21)29-16-41-30(36(42-29)50-2)20-45-12-10-24(47)19-45)27-7-4-8-28(31(27)38)35-43-32-33(51-35)23(15-39)18-46(34(32)40)14-13-44-11-9-22(17-44)37(48)49/h3-8,16,18,22,24,40,47H,9-14,17,19-20H2,1-2H3,(H,48,49)/t22-,24-/m1/s1. The number of nitrogens with one attached hydrogen (secondary N) is 1. The minimum Gasteiger partial charge on any atom is -0.481 e. The number of nitrogens with zero attached hydrogens (tertiary/aromatic N) is 7. The molecule has 0 unspecified atom stereocenters. The molecule has 5 aromatic rings. The van der Waals surface area contributed by atoms with Crippen LogP contribution in [0.4, 0.5) is 0 Å². The van der Waals surface area contributed by atoms with E-state index in [1.165, 1.54) is 0 Å². The second-order valence-corrected chi connectivity index (χ2v) is 13.4. The number of nitriles is 1. The van der Waals surface area contributed by atoms with E-state index in [1.807, 2.05) is 37.3 Å². The van der Waals surface area contributed by atoms with Crippen molar-refractivity contribution in [1.82, 2.24) is 29.3 Å². The van der Waals surface area contributed by atoms with Crippen molar-refractivity contribution in [1.29, 1.82) is 10.7 Å². The number of aliphatic carboxylic acids is 1. The first-order valence-electron chi connectivity index (χ1n) is 16.8. The Bertz CT molecular complexity index is 2240. The van der Waals surface area contributed by atoms with E-state index in [0.29, 0.717) is 73.5 Å². The molecule has 2 aromatic carbocycles. The molecule has 0 spiro atoms. The van der Waals surface area contributed by atoms with E-state index in [-0.39, 0.29) is 34.1 Å². The Balaban J connectivity index is 1.19. The van der Waals surface area contributed by atoms with E-state index < -0.39 is 11.9 Å². The molecule has 3 aromatic heterocycles. The highest BCUT2D eigenvalue weighted by Crippen LogP contribution is 2.40. The number of ether oxygens (including phenoxy) is 1. The number of likely N-dealkylation sites (tertiary alicyclic amines) is 2. The maximum atomic E-state index is 11.4. The lowest BCUT2D eigenvalue weighted by Gasteiger charge is -2.17. The second kappa shape index (κ2) is 14.2. The van der Waals surface area contributed by atoms with Crippen molar-refractivity contribution in [2.45, 2.75) is 39.0 Å². The van der Waals surface area contributed by atoms with E-state index in [2.05, 4.69) is 20.9 Å². The Morgan fingerprint density at radius 1 is 1.08 bits per heavy atom. The number of carbonyl (C=O) groups is 1. The number of carboxylic acid groups (broad SMARTS) is 1. The van der Waals surface area contributed by atoms with Crippen LogP contribution < -0.4 is 10.2 Å². The fourth-order valence-corrected chi connectivity index (χ4v) is 7.32. The number of β-amino-alcohol motifs (C(OH)–C–C–N with tert-alkyl or cyclic N) is 1. The summed E-state index contributed by atoms with van der Waals surface area (Å²) in [7, 11) is 1.58. The molecule has 51 heavy (non-hydrogen) atoms. The molecule has 13 nitrogen and oxygen atoms in total. The molecule has 0 saturated carbocycles. The highest BCUT2D eigenvalue weighted by molar-refractivity contribution is 6.36. The van der Waals surface area contributed by atoms with Crippen molar-refractivity contribution in [2.24, 2.45) is 5.92 Å². The third kappa shape index (κ3) is 6.71. The molecular weight excluding hydrogens is 672 g/mol. The minimum absolute atomic E-state index is 0.0874. The number of methoxy groups -OCH3 is 1. The van der Waals surface area contributed by atoms with Crippen LogP contribution in [0.15, 0.2) is 53.2 Å². The van der Waals surface area contributed by atoms with Crippen LogP contribution in [0.25, 0.3) is 44.9 Å². The van der Waals surface area contributed by atoms with Gasteiger partial charge in [0.05, 0.1) is 41.6 Å². The zero-order valence-electron chi connectivity index (χ0n) is 28.3. The fraction of sp³-hybridized carbons (Fsp3) is 0.351. The van der Waals surface area contributed by atoms with Crippen LogP contribution in [0, 0.1) is 29.6 Å². The van der Waals surface area contributed by atoms with Gasteiger partial charge in [0.15, 0.2) is 16.6 Å². The molecule has 0 radical (unpaired) electrons. The number of fused-ring (bicyclic) bond motifs is 1. The molecule has 0 aliphatic carbocycles. The van der Waals surface area contributed by atoms with E-state index in [4.69, 9.17) is 36.1 Å². The predicted molar refractivity (Wildman–Crippen MR) is 189 cm³/mol. The Morgan fingerprint density at radius 2 is 1.82 bits per heavy atom. The quantitative estimate of drug-likeness (QED) is 0.183. The zero-order valence-corrected chi connectivity index (χ0v) is 29.0. The van der Waals surface area contributed by atoms with Gasteiger partial charge in [0.25, 0.3) is 0 Å². The summed E-state index contributed by atoms with van der Waals surface area (Å²) in [5, 5.41) is 38.5. The van der Waals surface area contributed by atoms with Gasteiger partial charge in [-0.2, -0.15) is 5.26 Å². The van der Waals surface area contributed by atoms with E-state index >= 15 is 0 Å². The molecule has 7 rings (SSSR count). The Hall–Kier alpha value is -5.13. The highest BCUT2D eigenvalue weighted by Gasteiger charge is 2.28. The van der Waals surface area contributed by atoms with Crippen LogP contribution in [-0.4, -0.2) is 91.4 Å². The summed E-state index contributed by atoms with van der Waals surface area (Å²) >= 11 is 7.10. The smallest absolute Gasteiger partial charge is 0.307 e. The Labute approximate surface area is 298 Å². The number of aliphatic hydroxyl groups is 1. The molecule has 2 aliphatic heterocycles. The average Bonchev–Trinajstić information content (AvgIpc) is 3.89. The first-order chi connectivity index (χ1) is 24.6. The van der Waals surface area contributed by atoms with Crippen molar-refractivity contribution in [3.05, 3.63) is 76.1 Å². The molecule has 0 amide bonds. The van der Waals surface area contributed by atoms with Gasteiger partial charge in [-0.1, -0.05) is 41.9 Å². The fourth-order valence-electron chi connectivity index (χ4n) is 7.01. The third-order valence-corrected chi connectivity index (χ3v) is 10.2. The van der Waals surface area contributed by atoms with Gasteiger partial charge in [-0.25, -0.2) is 9.97 Å². The monoisotopic (exact) mass is 708 g/mol. The molecule has 0 bridgehead atoms. The van der Waals surface area contributed by atoms with E-state index in [9.17, 15) is 20.3 Å². The number of hydrogen-bond acceptors (Lipinski definition) is 11. The lowest BCUT2D eigenvalue weighted by molar-refractivity contribution is -0.141. The second-order valence-electron chi connectivity index (χ2n) is 13.1. The van der Waals surface area contributed by atoms with Crippen LogP contribution in [0.1, 0.15) is 29.7 Å². The first kappa shape index (κ1) is 34.3. The van der Waals surface area contributed by atoms with Crippen molar-refractivity contribution in [3.8, 4) is 45.8 Å². The van der Waals surface area contributed by atoms with E-state index in [0.717, 1.165) is 35.2 Å². The largest absolute Gasteiger partial charge is 0.481 e. The van der Waals surface area contributed by atoms with Gasteiger partial charge in [0.1, 0.15) is 17.3 Å². The van der Waals surface area contributed by atoms with Gasteiger partial charge in [-0.15, -0.1) is 0 Å². The number of carboxylic acids is 1. The van der Waals surface area contributed by atoms with Gasteiger partial charge < -0.3 is 28.8 Å². The van der Waals surface area contributed by atoms with Crippen molar-refractivity contribution in [3.63, 3.8) is 0 Å². The van der Waals surface area contributed by atoms with Crippen LogP contribution in [0.2, 0.25) is 5.02 Å². The normalized spacial score (nSPS) is 18.0. The molecule has 5 heterocycles. The molecule has 2 fully saturated rings. The Morgan fingerprint density at radius 3 is 2.53 bits per heavy atom. The van der Waals surface area contributed by atoms with Gasteiger partial charge in [-0.05, 0) is 43.5 Å². The number of rotatable bonds is 10. The lowest BCUT2D eigenvalue weighted by Crippen LogP contribution is -2.30. The maximum absolute atomic E-state index is 11.4. The summed E-state index contributed by atoms with van der Waals surface area (Å²) in [6.07, 6.45) is 4.32. The maximum Gasteiger partial charge on any atom is 0.307 e. The molecule has 3 N–H and O–H groups in total. The summed E-state index contributed by atoms with van der Waals surface area (Å²) in [6.45, 7) is 5.98. The van der Waals surface area contributed by atoms with Gasteiger partial charge in [-0.3, -0.25) is 20.1 Å². The summed E-state index contributed by atoms with van der Waals surface area (Å²) in [5.41, 5.74) is 6.04. The molecular formula is C37H37ClN8O5. The van der Waals surface area contributed by atoms with Crippen LogP contribution in [0.3, 0.4) is 0 Å². The SMILES string of the molecule is COc1nc(-c2cccc(-c3cccc(-c4nc5c(=N)n(CCN6CC[C@@H](C(=O)O)C6)cc(C#N)c5o4)c3Cl)c2C)cnc1CN1CC[C@@H](O)C1.